The Labute approximate surface area is 138 Å². The van der Waals surface area contributed by atoms with Gasteiger partial charge in [0, 0.05) is 0 Å². The minimum Gasteiger partial charge on any atom is -0.422 e. The second-order valence-corrected chi connectivity index (χ2v) is 5.19. The van der Waals surface area contributed by atoms with E-state index in [-0.39, 0.29) is 5.76 Å². The summed E-state index contributed by atoms with van der Waals surface area (Å²) in [5.74, 6) is -2.10. The summed E-state index contributed by atoms with van der Waals surface area (Å²) in [5.41, 5.74) is 2.10. The van der Waals surface area contributed by atoms with Crippen LogP contribution < -0.4 is 0 Å². The van der Waals surface area contributed by atoms with E-state index in [9.17, 15) is 9.59 Å². The molecule has 1 aliphatic rings. The summed E-state index contributed by atoms with van der Waals surface area (Å²) in [6.07, 6.45) is 1.48. The van der Waals surface area contributed by atoms with E-state index in [0.717, 1.165) is 0 Å². The summed E-state index contributed by atoms with van der Waals surface area (Å²) in [6.45, 7) is 0. The van der Waals surface area contributed by atoms with E-state index in [4.69, 9.17) is 15.3 Å². The van der Waals surface area contributed by atoms with E-state index in [1.165, 1.54) is 6.08 Å². The quantitative estimate of drug-likeness (QED) is 0.483. The first-order valence-corrected chi connectivity index (χ1v) is 7.10. The van der Waals surface area contributed by atoms with Gasteiger partial charge in [-0.15, -0.1) is 0 Å². The van der Waals surface area contributed by atoms with Gasteiger partial charge < -0.3 is 4.74 Å². The number of hydrogen-bond donors (Lipinski definition) is 0. The first-order valence-electron chi connectivity index (χ1n) is 7.10. The average Bonchev–Trinajstić information content (AvgIpc) is 2.89. The van der Waals surface area contributed by atoms with Crippen LogP contribution >= 0.6 is 0 Å². The first-order chi connectivity index (χ1) is 11.6. The number of cyclic esters (lactones) is 1. The number of allylic oxidation sites excluding steroid dienone is 1. The maximum Gasteiger partial charge on any atom is 0.327 e. The van der Waals surface area contributed by atoms with Crippen molar-refractivity contribution >= 4 is 17.8 Å². The van der Waals surface area contributed by atoms with Crippen molar-refractivity contribution in [2.24, 2.45) is 0 Å². The highest BCUT2D eigenvalue weighted by Gasteiger charge is 2.40. The lowest BCUT2D eigenvalue weighted by Gasteiger charge is -2.03. The third-order valence-corrected chi connectivity index (χ3v) is 3.66. The molecule has 0 amide bonds. The second kappa shape index (κ2) is 6.20. The van der Waals surface area contributed by atoms with E-state index in [0.29, 0.717) is 22.3 Å². The lowest BCUT2D eigenvalue weighted by atomic mass is 9.94. The van der Waals surface area contributed by atoms with Crippen molar-refractivity contribution in [2.75, 3.05) is 0 Å². The number of carbonyl (C=O) groups excluding carboxylic acids is 2. The zero-order valence-corrected chi connectivity index (χ0v) is 12.4. The number of nitriles is 2. The van der Waals surface area contributed by atoms with Gasteiger partial charge in [0.15, 0.2) is 5.76 Å². The van der Waals surface area contributed by atoms with Gasteiger partial charge in [0.05, 0.1) is 23.3 Å². The molecule has 1 saturated heterocycles. The Hall–Kier alpha value is -3.70. The lowest BCUT2D eigenvalue weighted by Crippen LogP contribution is -2.12. The predicted molar refractivity (Wildman–Crippen MR) is 84.1 cm³/mol. The first kappa shape index (κ1) is 15.2. The van der Waals surface area contributed by atoms with E-state index in [1.54, 1.807) is 48.5 Å². The molecule has 2 aromatic rings. The monoisotopic (exact) mass is 314 g/mol. The van der Waals surface area contributed by atoms with Gasteiger partial charge in [-0.3, -0.25) is 9.59 Å². The highest BCUT2D eigenvalue weighted by atomic mass is 16.5. The molecule has 0 N–H and O–H groups in total. The number of hydrogen-bond acceptors (Lipinski definition) is 5. The predicted octanol–water partition coefficient (Wildman–Crippen LogP) is 2.68. The van der Waals surface area contributed by atoms with E-state index in [2.05, 4.69) is 0 Å². The number of ether oxygens (including phenoxy) is 1. The van der Waals surface area contributed by atoms with Crippen LogP contribution in [0.4, 0.5) is 0 Å². The number of benzene rings is 2. The van der Waals surface area contributed by atoms with Crippen molar-refractivity contribution in [3.8, 4) is 12.1 Å². The fraction of sp³-hybridized carbons (Fsp3) is 0.0526. The summed E-state index contributed by atoms with van der Waals surface area (Å²) in [4.78, 5) is 24.5. The molecule has 0 spiro atoms. The molecule has 0 aromatic heterocycles. The molecule has 24 heavy (non-hydrogen) atoms. The van der Waals surface area contributed by atoms with Gasteiger partial charge in [-0.25, -0.2) is 0 Å². The van der Waals surface area contributed by atoms with Crippen LogP contribution in [0.5, 0.6) is 0 Å². The lowest BCUT2D eigenvalue weighted by molar-refractivity contribution is -0.136. The number of esters is 1. The Balaban J connectivity index is 1.89. The smallest absolute Gasteiger partial charge is 0.327 e. The molecule has 1 heterocycles. The van der Waals surface area contributed by atoms with Crippen molar-refractivity contribution in [3.63, 3.8) is 0 Å². The standard InChI is InChI=1S/C19H10N2O3/c20-10-13-3-1-12(2-4-13)9-16-18(22)17(19(23)24-16)15-7-5-14(11-21)6-8-15/h1-9,17H/b16-9-. The van der Waals surface area contributed by atoms with Gasteiger partial charge in [-0.2, -0.15) is 10.5 Å². The molecule has 1 fully saturated rings. The molecule has 5 nitrogen and oxygen atoms in total. The Morgan fingerprint density at radius 3 is 1.96 bits per heavy atom. The fourth-order valence-electron chi connectivity index (χ4n) is 2.41. The number of ketones is 1. The van der Waals surface area contributed by atoms with Crippen LogP contribution in [0.15, 0.2) is 54.3 Å². The third-order valence-electron chi connectivity index (χ3n) is 3.66. The average molecular weight is 314 g/mol. The number of Topliss-reactive ketones (excluding diaryl/α,β-unsaturated/α-hetero) is 1. The van der Waals surface area contributed by atoms with Crippen molar-refractivity contribution in [1.29, 1.82) is 10.5 Å². The van der Waals surface area contributed by atoms with Crippen LogP contribution in [0.1, 0.15) is 28.2 Å². The fourth-order valence-corrected chi connectivity index (χ4v) is 2.41. The van der Waals surface area contributed by atoms with Crippen LogP contribution in [0.3, 0.4) is 0 Å². The number of carbonyl (C=O) groups is 2. The SMILES string of the molecule is N#Cc1ccc(/C=C2\OC(=O)C(c3ccc(C#N)cc3)C2=O)cc1. The molecule has 1 atom stereocenters. The van der Waals surface area contributed by atoms with Gasteiger partial charge in [0.25, 0.3) is 0 Å². The minimum absolute atomic E-state index is 0.0286. The summed E-state index contributed by atoms with van der Waals surface area (Å²) in [7, 11) is 0. The zero-order chi connectivity index (χ0) is 17.1. The molecule has 3 rings (SSSR count). The van der Waals surface area contributed by atoms with Crippen molar-refractivity contribution in [3.05, 3.63) is 76.5 Å². The normalized spacial score (nSPS) is 18.1. The zero-order valence-electron chi connectivity index (χ0n) is 12.4. The second-order valence-electron chi connectivity index (χ2n) is 5.19. The summed E-state index contributed by atoms with van der Waals surface area (Å²) in [6, 6.07) is 16.8. The van der Waals surface area contributed by atoms with Crippen molar-refractivity contribution < 1.29 is 14.3 Å². The molecule has 1 aliphatic heterocycles. The summed E-state index contributed by atoms with van der Waals surface area (Å²) in [5, 5.41) is 17.6. The largest absolute Gasteiger partial charge is 0.422 e. The van der Waals surface area contributed by atoms with Crippen LogP contribution in [0.2, 0.25) is 0 Å². The summed E-state index contributed by atoms with van der Waals surface area (Å²) >= 11 is 0. The van der Waals surface area contributed by atoms with Gasteiger partial charge in [0.1, 0.15) is 5.92 Å². The molecule has 0 aliphatic carbocycles. The summed E-state index contributed by atoms with van der Waals surface area (Å²) < 4.78 is 5.10. The molecule has 2 aromatic carbocycles. The van der Waals surface area contributed by atoms with E-state index in [1.807, 2.05) is 12.1 Å². The molecular weight excluding hydrogens is 304 g/mol. The van der Waals surface area contributed by atoms with Gasteiger partial charge in [-0.1, -0.05) is 24.3 Å². The Bertz CT molecular complexity index is 927. The molecule has 0 bridgehead atoms. The highest BCUT2D eigenvalue weighted by molar-refractivity contribution is 6.19. The van der Waals surface area contributed by atoms with Crippen LogP contribution in [0.25, 0.3) is 6.08 Å². The van der Waals surface area contributed by atoms with Crippen LogP contribution in [0, 0.1) is 22.7 Å². The maximum atomic E-state index is 12.5. The molecule has 5 heteroatoms. The topological polar surface area (TPSA) is 90.9 Å². The van der Waals surface area contributed by atoms with Crippen LogP contribution in [-0.4, -0.2) is 11.8 Å². The van der Waals surface area contributed by atoms with Gasteiger partial charge in [-0.05, 0) is 41.5 Å². The van der Waals surface area contributed by atoms with Crippen LogP contribution in [-0.2, 0) is 14.3 Å². The third kappa shape index (κ3) is 2.79. The molecule has 114 valence electrons. The maximum absolute atomic E-state index is 12.5. The highest BCUT2D eigenvalue weighted by Crippen LogP contribution is 2.31. The van der Waals surface area contributed by atoms with E-state index >= 15 is 0 Å². The van der Waals surface area contributed by atoms with Crippen molar-refractivity contribution in [2.45, 2.75) is 5.92 Å². The van der Waals surface area contributed by atoms with Gasteiger partial charge in [0.2, 0.25) is 5.78 Å². The molecule has 1 unspecified atom stereocenters. The van der Waals surface area contributed by atoms with E-state index < -0.39 is 17.7 Å². The Morgan fingerprint density at radius 2 is 1.42 bits per heavy atom. The van der Waals surface area contributed by atoms with Crippen molar-refractivity contribution in [1.82, 2.24) is 0 Å². The Morgan fingerprint density at radius 1 is 0.875 bits per heavy atom. The van der Waals surface area contributed by atoms with Gasteiger partial charge >= 0.3 is 5.97 Å². The minimum atomic E-state index is -1.01. The number of rotatable bonds is 2. The molecular formula is C19H10N2O3. The Kier molecular flexibility index (Phi) is 3.93. The molecule has 0 saturated carbocycles. The molecule has 0 radical (unpaired) electrons. The number of nitrogens with zero attached hydrogens (tertiary/aromatic N) is 2.